The second-order valence-corrected chi connectivity index (χ2v) is 7.75. The Hall–Kier alpha value is -1.76. The molecule has 1 N–H and O–H groups in total. The monoisotopic (exact) mass is 386 g/mol. The lowest BCUT2D eigenvalue weighted by Crippen LogP contribution is -2.38. The van der Waals surface area contributed by atoms with Crippen molar-refractivity contribution in [2.24, 2.45) is 0 Å². The zero-order chi connectivity index (χ0) is 17.7. The number of benzene rings is 2. The van der Waals surface area contributed by atoms with Gasteiger partial charge in [-0.15, -0.1) is 0 Å². The number of nitrogens with one attached hydrogen (secondary N) is 1. The number of nitrogens with zero attached hydrogens (tertiary/aromatic N) is 1. The van der Waals surface area contributed by atoms with E-state index in [1.807, 2.05) is 6.07 Å². The van der Waals surface area contributed by atoms with Crippen molar-refractivity contribution < 1.29 is 13.2 Å². The summed E-state index contributed by atoms with van der Waals surface area (Å²) in [5, 5.41) is 3.13. The minimum atomic E-state index is -3.61. The lowest BCUT2D eigenvalue weighted by atomic mass is 10.2. The van der Waals surface area contributed by atoms with Crippen LogP contribution in [0, 0.1) is 0 Å². The van der Waals surface area contributed by atoms with Crippen molar-refractivity contribution in [1.82, 2.24) is 5.32 Å². The van der Waals surface area contributed by atoms with Crippen LogP contribution >= 0.6 is 23.2 Å². The Morgan fingerprint density at radius 2 is 1.62 bits per heavy atom. The number of halogens is 2. The largest absolute Gasteiger partial charge is 0.350 e. The number of hydrogen-bond donors (Lipinski definition) is 1. The maximum atomic E-state index is 12.1. The lowest BCUT2D eigenvalue weighted by molar-refractivity contribution is 0.0955. The molecule has 0 spiro atoms. The van der Waals surface area contributed by atoms with Gasteiger partial charge in [-0.25, -0.2) is 8.42 Å². The number of hydrogen-bond acceptors (Lipinski definition) is 3. The van der Waals surface area contributed by atoms with E-state index in [-0.39, 0.29) is 34.7 Å². The van der Waals surface area contributed by atoms with Crippen molar-refractivity contribution in [3.05, 3.63) is 64.1 Å². The summed E-state index contributed by atoms with van der Waals surface area (Å²) in [6.07, 6.45) is 1.06. The van der Waals surface area contributed by atoms with Crippen LogP contribution < -0.4 is 9.62 Å². The van der Waals surface area contributed by atoms with Gasteiger partial charge < -0.3 is 5.32 Å². The normalized spacial score (nSPS) is 11.1. The molecule has 0 saturated carbocycles. The first-order valence-corrected chi connectivity index (χ1v) is 9.66. The van der Waals surface area contributed by atoms with Gasteiger partial charge in [-0.1, -0.05) is 47.5 Å². The molecule has 0 unspecified atom stereocenters. The molecule has 24 heavy (non-hydrogen) atoms. The Balaban J connectivity index is 2.13. The molecular formula is C16H16Cl2N2O3S. The fraction of sp³-hybridized carbons (Fsp3) is 0.188. The number of anilines is 1. The predicted octanol–water partition coefficient (Wildman–Crippen LogP) is 3.19. The second kappa shape index (κ2) is 7.88. The fourth-order valence-electron chi connectivity index (χ4n) is 2.13. The van der Waals surface area contributed by atoms with E-state index in [0.29, 0.717) is 5.56 Å². The van der Waals surface area contributed by atoms with E-state index in [0.717, 1.165) is 10.6 Å². The summed E-state index contributed by atoms with van der Waals surface area (Å²) < 4.78 is 25.2. The van der Waals surface area contributed by atoms with Gasteiger partial charge in [-0.3, -0.25) is 9.10 Å². The lowest BCUT2D eigenvalue weighted by Gasteiger charge is -2.24. The zero-order valence-electron chi connectivity index (χ0n) is 12.9. The highest BCUT2D eigenvalue weighted by molar-refractivity contribution is 7.92. The average Bonchev–Trinajstić information content (AvgIpc) is 2.52. The fourth-order valence-corrected chi connectivity index (χ4v) is 3.79. The van der Waals surface area contributed by atoms with Gasteiger partial charge in [0.05, 0.1) is 28.5 Å². The van der Waals surface area contributed by atoms with Crippen molar-refractivity contribution in [3.8, 4) is 0 Å². The molecule has 0 heterocycles. The van der Waals surface area contributed by atoms with Crippen molar-refractivity contribution in [1.29, 1.82) is 0 Å². The highest BCUT2D eigenvalue weighted by Crippen LogP contribution is 2.34. The summed E-state index contributed by atoms with van der Waals surface area (Å²) in [5.41, 5.74) is 0.705. The predicted molar refractivity (Wildman–Crippen MR) is 97.4 cm³/mol. The molecule has 0 fully saturated rings. The van der Waals surface area contributed by atoms with Crippen LogP contribution in [0.4, 0.5) is 5.69 Å². The van der Waals surface area contributed by atoms with Gasteiger partial charge in [-0.05, 0) is 24.3 Å². The molecule has 0 saturated heterocycles. The first-order chi connectivity index (χ1) is 11.3. The molecule has 2 aromatic carbocycles. The van der Waals surface area contributed by atoms with E-state index in [1.54, 1.807) is 42.5 Å². The van der Waals surface area contributed by atoms with E-state index in [4.69, 9.17) is 23.2 Å². The van der Waals surface area contributed by atoms with Gasteiger partial charge >= 0.3 is 0 Å². The maximum Gasteiger partial charge on any atom is 0.251 e. The Morgan fingerprint density at radius 1 is 1.04 bits per heavy atom. The standard InChI is InChI=1S/C16H16Cl2N2O3S/c1-24(22,23)20(15-13(17)8-5-9-14(15)18)11-10-19-16(21)12-6-3-2-4-7-12/h2-9H,10-11H2,1H3,(H,19,21). The number of carbonyl (C=O) groups is 1. The quantitative estimate of drug-likeness (QED) is 0.828. The van der Waals surface area contributed by atoms with Gasteiger partial charge in [0.25, 0.3) is 5.91 Å². The van der Waals surface area contributed by atoms with Crippen molar-refractivity contribution in [3.63, 3.8) is 0 Å². The molecule has 128 valence electrons. The molecule has 0 atom stereocenters. The van der Waals surface area contributed by atoms with Crippen LogP contribution in [0.2, 0.25) is 10.0 Å². The van der Waals surface area contributed by atoms with Crippen LogP contribution in [0.15, 0.2) is 48.5 Å². The van der Waals surface area contributed by atoms with Crippen LogP contribution in [0.3, 0.4) is 0 Å². The van der Waals surface area contributed by atoms with Gasteiger partial charge in [0.1, 0.15) is 0 Å². The maximum absolute atomic E-state index is 12.1. The summed E-state index contributed by atoms with van der Waals surface area (Å²) in [5.74, 6) is -0.283. The molecular weight excluding hydrogens is 371 g/mol. The van der Waals surface area contributed by atoms with Crippen LogP contribution in [0.5, 0.6) is 0 Å². The molecule has 5 nitrogen and oxygen atoms in total. The number of carbonyl (C=O) groups excluding carboxylic acids is 1. The molecule has 2 aromatic rings. The van der Waals surface area contributed by atoms with Gasteiger partial charge in [0.15, 0.2) is 0 Å². The van der Waals surface area contributed by atoms with Gasteiger partial charge in [-0.2, -0.15) is 0 Å². The van der Waals surface area contributed by atoms with E-state index in [1.165, 1.54) is 0 Å². The molecule has 1 amide bonds. The highest BCUT2D eigenvalue weighted by atomic mass is 35.5. The van der Waals surface area contributed by atoms with Crippen LogP contribution in [-0.2, 0) is 10.0 Å². The van der Waals surface area contributed by atoms with Gasteiger partial charge in [0, 0.05) is 12.1 Å². The smallest absolute Gasteiger partial charge is 0.251 e. The Labute approximate surface area is 151 Å². The summed E-state index contributed by atoms with van der Waals surface area (Å²) in [4.78, 5) is 12.0. The van der Waals surface area contributed by atoms with E-state index in [2.05, 4.69) is 5.32 Å². The SMILES string of the molecule is CS(=O)(=O)N(CCNC(=O)c1ccccc1)c1c(Cl)cccc1Cl. The van der Waals surface area contributed by atoms with Crippen molar-refractivity contribution in [2.75, 3.05) is 23.7 Å². The topological polar surface area (TPSA) is 66.5 Å². The number of sulfonamides is 1. The molecule has 8 heteroatoms. The zero-order valence-corrected chi connectivity index (χ0v) is 15.2. The Kier molecular flexibility index (Phi) is 6.10. The van der Waals surface area contributed by atoms with Crippen LogP contribution in [-0.4, -0.2) is 33.7 Å². The Morgan fingerprint density at radius 3 is 2.17 bits per heavy atom. The van der Waals surface area contributed by atoms with E-state index >= 15 is 0 Å². The number of para-hydroxylation sites is 1. The molecule has 0 aliphatic heterocycles. The first kappa shape index (κ1) is 18.6. The molecule has 0 bridgehead atoms. The van der Waals surface area contributed by atoms with E-state index < -0.39 is 10.0 Å². The second-order valence-electron chi connectivity index (χ2n) is 5.03. The molecule has 0 aliphatic carbocycles. The third-order valence-corrected chi connectivity index (χ3v) is 5.00. The minimum absolute atomic E-state index is 0.0147. The first-order valence-electron chi connectivity index (χ1n) is 7.05. The van der Waals surface area contributed by atoms with Crippen LogP contribution in [0.1, 0.15) is 10.4 Å². The minimum Gasteiger partial charge on any atom is -0.350 e. The average molecular weight is 387 g/mol. The van der Waals surface area contributed by atoms with Crippen molar-refractivity contribution >= 4 is 44.8 Å². The summed E-state index contributed by atoms with van der Waals surface area (Å²) in [6, 6.07) is 13.4. The molecule has 0 radical (unpaired) electrons. The highest BCUT2D eigenvalue weighted by Gasteiger charge is 2.22. The van der Waals surface area contributed by atoms with Gasteiger partial charge in [0.2, 0.25) is 10.0 Å². The number of amides is 1. The number of rotatable bonds is 6. The third-order valence-electron chi connectivity index (χ3n) is 3.22. The summed E-state index contributed by atoms with van der Waals surface area (Å²) in [6.45, 7) is 0.128. The molecule has 0 aromatic heterocycles. The van der Waals surface area contributed by atoms with E-state index in [9.17, 15) is 13.2 Å². The Bertz CT molecular complexity index is 806. The molecule has 2 rings (SSSR count). The third kappa shape index (κ3) is 4.63. The van der Waals surface area contributed by atoms with Crippen LogP contribution in [0.25, 0.3) is 0 Å². The molecule has 0 aliphatic rings. The summed E-state index contributed by atoms with van der Waals surface area (Å²) >= 11 is 12.2. The summed E-state index contributed by atoms with van der Waals surface area (Å²) in [7, 11) is -3.61. The van der Waals surface area contributed by atoms with Crippen molar-refractivity contribution in [2.45, 2.75) is 0 Å².